The third-order valence-corrected chi connectivity index (χ3v) is 5.87. The highest BCUT2D eigenvalue weighted by Crippen LogP contribution is 2.23. The van der Waals surface area contributed by atoms with Gasteiger partial charge >= 0.3 is 0 Å². The molecule has 184 valence electrons. The molecular weight excluding hydrogens is 426 g/mol. The summed E-state index contributed by atoms with van der Waals surface area (Å²) in [6, 6.07) is 19.6. The smallest absolute Gasteiger partial charge is 0.247 e. The van der Waals surface area contributed by atoms with Gasteiger partial charge in [-0.25, -0.2) is 10.9 Å². The molecule has 2 aromatic rings. The SMILES string of the molecule is CCC[C@@H](C(=O)NNC[C@@H](C)CC)[C@H](C/C=C/c1ccccc1)C(=O)NOCc1ccccc1. The Balaban J connectivity index is 2.08. The molecule has 2 rings (SSSR count). The van der Waals surface area contributed by atoms with Gasteiger partial charge in [0.15, 0.2) is 0 Å². The highest BCUT2D eigenvalue weighted by Gasteiger charge is 2.32. The molecule has 0 spiro atoms. The molecule has 0 aliphatic rings. The molecule has 0 aromatic heterocycles. The van der Waals surface area contributed by atoms with Gasteiger partial charge in [0.25, 0.3) is 0 Å². The molecule has 0 unspecified atom stereocenters. The molecule has 3 atom stereocenters. The lowest BCUT2D eigenvalue weighted by Gasteiger charge is -2.25. The second-order valence-corrected chi connectivity index (χ2v) is 8.67. The molecule has 34 heavy (non-hydrogen) atoms. The van der Waals surface area contributed by atoms with E-state index in [1.807, 2.05) is 79.7 Å². The first-order valence-electron chi connectivity index (χ1n) is 12.2. The molecule has 3 N–H and O–H groups in total. The second-order valence-electron chi connectivity index (χ2n) is 8.67. The lowest BCUT2D eigenvalue weighted by atomic mass is 9.84. The second kappa shape index (κ2) is 15.8. The van der Waals surface area contributed by atoms with Crippen LogP contribution in [0.1, 0.15) is 57.6 Å². The van der Waals surface area contributed by atoms with Crippen molar-refractivity contribution in [1.29, 1.82) is 0 Å². The normalized spacial score (nSPS) is 13.9. The van der Waals surface area contributed by atoms with Crippen molar-refractivity contribution in [3.63, 3.8) is 0 Å². The van der Waals surface area contributed by atoms with E-state index in [-0.39, 0.29) is 18.4 Å². The van der Waals surface area contributed by atoms with Crippen LogP contribution in [-0.4, -0.2) is 18.4 Å². The Bertz CT molecular complexity index is 871. The van der Waals surface area contributed by atoms with Gasteiger partial charge in [-0.05, 0) is 29.9 Å². The van der Waals surface area contributed by atoms with E-state index in [0.717, 1.165) is 24.0 Å². The molecule has 6 nitrogen and oxygen atoms in total. The summed E-state index contributed by atoms with van der Waals surface area (Å²) in [6.45, 7) is 7.21. The first kappa shape index (κ1) is 27.3. The van der Waals surface area contributed by atoms with Gasteiger partial charge in [-0.3, -0.25) is 19.9 Å². The van der Waals surface area contributed by atoms with Crippen LogP contribution in [0.5, 0.6) is 0 Å². The molecule has 0 radical (unpaired) electrons. The summed E-state index contributed by atoms with van der Waals surface area (Å²) >= 11 is 0. The van der Waals surface area contributed by atoms with E-state index in [4.69, 9.17) is 4.84 Å². The Labute approximate surface area is 204 Å². The van der Waals surface area contributed by atoms with Crippen LogP contribution >= 0.6 is 0 Å². The van der Waals surface area contributed by atoms with Gasteiger partial charge in [-0.1, -0.05) is 106 Å². The van der Waals surface area contributed by atoms with Crippen LogP contribution in [0.25, 0.3) is 6.08 Å². The Kier molecular flexibility index (Phi) is 12.7. The summed E-state index contributed by atoms with van der Waals surface area (Å²) in [5.41, 5.74) is 10.5. The molecule has 0 aliphatic carbocycles. The van der Waals surface area contributed by atoms with E-state index >= 15 is 0 Å². The van der Waals surface area contributed by atoms with Gasteiger partial charge in [-0.2, -0.15) is 0 Å². The zero-order valence-electron chi connectivity index (χ0n) is 20.6. The Morgan fingerprint density at radius 2 is 1.62 bits per heavy atom. The minimum atomic E-state index is -0.555. The van der Waals surface area contributed by atoms with Crippen LogP contribution < -0.4 is 16.3 Å². The zero-order valence-corrected chi connectivity index (χ0v) is 20.6. The van der Waals surface area contributed by atoms with Crippen molar-refractivity contribution in [1.82, 2.24) is 16.3 Å². The van der Waals surface area contributed by atoms with Crippen molar-refractivity contribution < 1.29 is 14.4 Å². The molecule has 0 saturated carbocycles. The average Bonchev–Trinajstić information content (AvgIpc) is 2.86. The van der Waals surface area contributed by atoms with E-state index in [1.54, 1.807) is 0 Å². The molecule has 6 heteroatoms. The predicted molar refractivity (Wildman–Crippen MR) is 137 cm³/mol. The summed E-state index contributed by atoms with van der Waals surface area (Å²) in [6.07, 6.45) is 6.79. The minimum Gasteiger partial charge on any atom is -0.291 e. The number of hydrogen-bond donors (Lipinski definition) is 3. The molecular formula is C28H39N3O3. The number of rotatable bonds is 15. The number of allylic oxidation sites excluding steroid dienone is 1. The first-order valence-corrected chi connectivity index (χ1v) is 12.2. The fraction of sp³-hybridized carbons (Fsp3) is 0.429. The molecule has 0 fully saturated rings. The highest BCUT2D eigenvalue weighted by atomic mass is 16.6. The summed E-state index contributed by atoms with van der Waals surface area (Å²) in [5.74, 6) is -1.04. The predicted octanol–water partition coefficient (Wildman–Crippen LogP) is 5.04. The quantitative estimate of drug-likeness (QED) is 0.322. The van der Waals surface area contributed by atoms with Crippen LogP contribution in [0.15, 0.2) is 66.7 Å². The van der Waals surface area contributed by atoms with Crippen LogP contribution in [0, 0.1) is 17.8 Å². The largest absolute Gasteiger partial charge is 0.291 e. The number of benzene rings is 2. The Morgan fingerprint density at radius 3 is 2.26 bits per heavy atom. The molecule has 0 bridgehead atoms. The van der Waals surface area contributed by atoms with Gasteiger partial charge < -0.3 is 0 Å². The summed E-state index contributed by atoms with van der Waals surface area (Å²) in [5, 5.41) is 0. The van der Waals surface area contributed by atoms with Crippen LogP contribution in [0.4, 0.5) is 0 Å². The van der Waals surface area contributed by atoms with Crippen molar-refractivity contribution in [2.24, 2.45) is 17.8 Å². The third-order valence-electron chi connectivity index (χ3n) is 5.87. The molecule has 2 aromatic carbocycles. The van der Waals surface area contributed by atoms with Gasteiger partial charge in [0.2, 0.25) is 11.8 Å². The summed E-state index contributed by atoms with van der Waals surface area (Å²) in [4.78, 5) is 31.7. The van der Waals surface area contributed by atoms with Gasteiger partial charge in [0.05, 0.1) is 18.4 Å². The van der Waals surface area contributed by atoms with Crippen molar-refractivity contribution in [2.75, 3.05) is 6.54 Å². The zero-order chi connectivity index (χ0) is 24.6. The monoisotopic (exact) mass is 465 g/mol. The number of nitrogens with one attached hydrogen (secondary N) is 3. The van der Waals surface area contributed by atoms with Crippen LogP contribution in [0.3, 0.4) is 0 Å². The average molecular weight is 466 g/mol. The summed E-state index contributed by atoms with van der Waals surface area (Å²) < 4.78 is 0. The molecule has 0 saturated heterocycles. The van der Waals surface area contributed by atoms with Crippen molar-refractivity contribution in [2.45, 2.75) is 53.1 Å². The minimum absolute atomic E-state index is 0.165. The topological polar surface area (TPSA) is 79.5 Å². The van der Waals surface area contributed by atoms with Crippen LogP contribution in [-0.2, 0) is 21.0 Å². The number of amides is 2. The standard InChI is InChI=1S/C28H39N3O3/c1-4-13-25(27(32)30-29-20-22(3)5-2)26(19-12-18-23-14-8-6-9-15-23)28(33)31-34-21-24-16-10-7-11-17-24/h6-12,14-18,22,25-26,29H,4-5,13,19-21H2,1-3H3,(H,30,32)(H,31,33)/b18-12+/t22-,25+,26-/m0/s1. The number of hydrazine groups is 1. The first-order chi connectivity index (χ1) is 16.5. The van der Waals surface area contributed by atoms with Crippen molar-refractivity contribution >= 4 is 17.9 Å². The number of hydroxylamine groups is 1. The van der Waals surface area contributed by atoms with Gasteiger partial charge in [-0.15, -0.1) is 0 Å². The molecule has 0 aliphatic heterocycles. The Hall–Kier alpha value is -2.96. The van der Waals surface area contributed by atoms with E-state index < -0.39 is 11.8 Å². The fourth-order valence-corrected chi connectivity index (χ4v) is 3.58. The maximum Gasteiger partial charge on any atom is 0.247 e. The van der Waals surface area contributed by atoms with E-state index in [0.29, 0.717) is 25.3 Å². The van der Waals surface area contributed by atoms with Crippen LogP contribution in [0.2, 0.25) is 0 Å². The van der Waals surface area contributed by atoms with Crippen molar-refractivity contribution in [3.05, 3.63) is 77.9 Å². The molecule has 2 amide bonds. The number of carbonyl (C=O) groups is 2. The van der Waals surface area contributed by atoms with E-state index in [2.05, 4.69) is 30.2 Å². The third kappa shape index (κ3) is 9.89. The molecule has 0 heterocycles. The maximum atomic E-state index is 13.2. The number of carbonyl (C=O) groups excluding carboxylic acids is 2. The van der Waals surface area contributed by atoms with Gasteiger partial charge in [0, 0.05) is 6.54 Å². The lowest BCUT2D eigenvalue weighted by molar-refractivity contribution is -0.144. The summed E-state index contributed by atoms with van der Waals surface area (Å²) in [7, 11) is 0. The Morgan fingerprint density at radius 1 is 0.941 bits per heavy atom. The van der Waals surface area contributed by atoms with Gasteiger partial charge in [0.1, 0.15) is 0 Å². The maximum absolute atomic E-state index is 13.2. The fourth-order valence-electron chi connectivity index (χ4n) is 3.58. The highest BCUT2D eigenvalue weighted by molar-refractivity contribution is 5.87. The number of hydrogen-bond acceptors (Lipinski definition) is 4. The van der Waals surface area contributed by atoms with E-state index in [9.17, 15) is 9.59 Å². The van der Waals surface area contributed by atoms with Crippen molar-refractivity contribution in [3.8, 4) is 0 Å². The lowest BCUT2D eigenvalue weighted by Crippen LogP contribution is -2.47. The van der Waals surface area contributed by atoms with E-state index in [1.165, 1.54) is 0 Å².